The number of carbonyl (C=O) groups excluding carboxylic acids is 2. The van der Waals surface area contributed by atoms with Crippen LogP contribution in [0.1, 0.15) is 29.6 Å². The molecule has 2 heterocycles. The first-order valence-corrected chi connectivity index (χ1v) is 9.52. The molecule has 4 rings (SSSR count). The number of rotatable bonds is 5. The molecular weight excluding hydrogens is 403 g/mol. The molecule has 0 radical (unpaired) electrons. The molecule has 2 N–H and O–H groups in total. The van der Waals surface area contributed by atoms with Crippen LogP contribution in [0.15, 0.2) is 58.0 Å². The quantitative estimate of drug-likeness (QED) is 0.652. The molecule has 9 nitrogen and oxygen atoms in total. The predicted molar refractivity (Wildman–Crippen MR) is 111 cm³/mol. The Morgan fingerprint density at radius 2 is 1.90 bits per heavy atom. The van der Waals surface area contributed by atoms with Gasteiger partial charge >= 0.3 is 17.8 Å². The zero-order chi connectivity index (χ0) is 22.0. The van der Waals surface area contributed by atoms with E-state index in [0.717, 1.165) is 11.3 Å². The lowest BCUT2D eigenvalue weighted by Gasteiger charge is -2.24. The highest BCUT2D eigenvalue weighted by Gasteiger charge is 2.25. The van der Waals surface area contributed by atoms with E-state index in [4.69, 9.17) is 4.42 Å². The monoisotopic (exact) mass is 422 g/mol. The predicted octanol–water partition coefficient (Wildman–Crippen LogP) is 3.41. The van der Waals surface area contributed by atoms with Gasteiger partial charge in [0.1, 0.15) is 5.82 Å². The van der Waals surface area contributed by atoms with Crippen LogP contribution in [0.25, 0.3) is 0 Å². The van der Waals surface area contributed by atoms with Crippen molar-refractivity contribution in [2.75, 3.05) is 17.7 Å². The first kappa shape index (κ1) is 20.2. The average Bonchev–Trinajstić information content (AvgIpc) is 3.22. The van der Waals surface area contributed by atoms with Crippen LogP contribution in [-0.2, 0) is 4.79 Å². The maximum Gasteiger partial charge on any atom is 0.320 e. The Labute approximate surface area is 177 Å². The number of aromatic nitrogens is 2. The second kappa shape index (κ2) is 8.34. The fourth-order valence-electron chi connectivity index (χ4n) is 3.10. The van der Waals surface area contributed by atoms with E-state index in [-0.39, 0.29) is 29.4 Å². The van der Waals surface area contributed by atoms with E-state index in [9.17, 15) is 14.0 Å². The number of anilines is 3. The lowest BCUT2D eigenvalue weighted by Crippen LogP contribution is -2.33. The molecule has 2 aromatic carbocycles. The smallest absolute Gasteiger partial charge is 0.320 e. The lowest BCUT2D eigenvalue weighted by atomic mass is 9.94. The van der Waals surface area contributed by atoms with Crippen LogP contribution in [-0.4, -0.2) is 39.8 Å². The molecule has 3 aromatic rings. The normalized spacial score (nSPS) is 16.1. The third-order valence-electron chi connectivity index (χ3n) is 4.74. The summed E-state index contributed by atoms with van der Waals surface area (Å²) in [5.41, 5.74) is 2.34. The van der Waals surface area contributed by atoms with Crippen LogP contribution >= 0.6 is 0 Å². The van der Waals surface area contributed by atoms with Gasteiger partial charge in [-0.3, -0.25) is 9.59 Å². The first-order chi connectivity index (χ1) is 14.9. The largest absolute Gasteiger partial charge is 0.399 e. The Morgan fingerprint density at radius 3 is 2.65 bits per heavy atom. The van der Waals surface area contributed by atoms with Crippen molar-refractivity contribution in [1.82, 2.24) is 15.2 Å². The fraction of sp³-hybridized carbons (Fsp3) is 0.190. The van der Waals surface area contributed by atoms with E-state index >= 15 is 0 Å². The molecule has 0 saturated carbocycles. The summed E-state index contributed by atoms with van der Waals surface area (Å²) in [4.78, 5) is 24.1. The van der Waals surface area contributed by atoms with Crippen LogP contribution in [0.4, 0.5) is 21.8 Å². The van der Waals surface area contributed by atoms with Crippen molar-refractivity contribution >= 4 is 34.9 Å². The van der Waals surface area contributed by atoms with E-state index in [0.29, 0.717) is 12.1 Å². The minimum Gasteiger partial charge on any atom is -0.399 e. The molecule has 31 heavy (non-hydrogen) atoms. The number of nitrogens with zero attached hydrogens (tertiary/aromatic N) is 4. The van der Waals surface area contributed by atoms with Crippen LogP contribution in [0.2, 0.25) is 0 Å². The molecule has 10 heteroatoms. The van der Waals surface area contributed by atoms with Gasteiger partial charge in [-0.15, -0.1) is 5.10 Å². The Morgan fingerprint density at radius 1 is 1.16 bits per heavy atom. The van der Waals surface area contributed by atoms with Crippen LogP contribution < -0.4 is 10.6 Å². The van der Waals surface area contributed by atoms with Crippen LogP contribution in [0.3, 0.4) is 0 Å². The zero-order valence-electron chi connectivity index (χ0n) is 16.8. The van der Waals surface area contributed by atoms with Gasteiger partial charge in [-0.25, -0.2) is 9.40 Å². The number of benzene rings is 2. The minimum atomic E-state index is -0.601. The van der Waals surface area contributed by atoms with Crippen molar-refractivity contribution in [2.45, 2.75) is 13.3 Å². The van der Waals surface area contributed by atoms with E-state index in [1.165, 1.54) is 17.1 Å². The van der Waals surface area contributed by atoms with Gasteiger partial charge in [0.2, 0.25) is 5.91 Å². The molecule has 1 atom stereocenters. The number of amides is 2. The number of para-hydroxylation sites is 1. The molecule has 1 aliphatic heterocycles. The molecule has 0 fully saturated rings. The summed E-state index contributed by atoms with van der Waals surface area (Å²) in [6.07, 6.45) is 0.397. The molecular formula is C21H19FN6O3. The number of halogens is 1. The average molecular weight is 422 g/mol. The molecule has 0 aliphatic carbocycles. The van der Waals surface area contributed by atoms with Gasteiger partial charge in [-0.1, -0.05) is 36.3 Å². The van der Waals surface area contributed by atoms with Crippen molar-refractivity contribution in [3.8, 4) is 0 Å². The Hall–Kier alpha value is -4.08. The third-order valence-corrected chi connectivity index (χ3v) is 4.74. The number of hydrogen-bond acceptors (Lipinski definition) is 7. The Bertz CT molecular complexity index is 1160. The van der Waals surface area contributed by atoms with Gasteiger partial charge in [-0.05, 0) is 29.8 Å². The summed E-state index contributed by atoms with van der Waals surface area (Å²) in [6, 6.07) is 12.9. The highest BCUT2D eigenvalue weighted by Crippen LogP contribution is 2.22. The van der Waals surface area contributed by atoms with Crippen molar-refractivity contribution in [2.24, 2.45) is 11.0 Å². The van der Waals surface area contributed by atoms with E-state index in [2.05, 4.69) is 25.9 Å². The summed E-state index contributed by atoms with van der Waals surface area (Å²) in [5.74, 6) is -1.38. The number of carbonyl (C=O) groups is 2. The van der Waals surface area contributed by atoms with Crippen molar-refractivity contribution < 1.29 is 18.4 Å². The molecule has 158 valence electrons. The topological polar surface area (TPSA) is 113 Å². The van der Waals surface area contributed by atoms with Gasteiger partial charge in [0, 0.05) is 25.1 Å². The number of hydrogen-bond donors (Lipinski definition) is 2. The Kier molecular flexibility index (Phi) is 5.44. The summed E-state index contributed by atoms with van der Waals surface area (Å²) < 4.78 is 19.0. The molecule has 0 saturated heterocycles. The summed E-state index contributed by atoms with van der Waals surface area (Å²) in [7, 11) is 1.63. The molecule has 0 spiro atoms. The summed E-state index contributed by atoms with van der Waals surface area (Å²) in [5, 5.41) is 18.4. The SMILES string of the molecule is CC1CC(=O)N(C)N=C1c1ccc(NC(=O)c2nnc(Nc3ccccc3F)o2)cc1. The maximum atomic E-state index is 13.7. The highest BCUT2D eigenvalue weighted by molar-refractivity contribution is 6.06. The zero-order valence-corrected chi connectivity index (χ0v) is 16.8. The third kappa shape index (κ3) is 4.42. The second-order valence-electron chi connectivity index (χ2n) is 7.06. The van der Waals surface area contributed by atoms with Gasteiger partial charge in [0.25, 0.3) is 0 Å². The maximum absolute atomic E-state index is 13.7. The molecule has 2 amide bonds. The van der Waals surface area contributed by atoms with E-state index < -0.39 is 11.7 Å². The first-order valence-electron chi connectivity index (χ1n) is 9.52. The van der Waals surface area contributed by atoms with Gasteiger partial charge in [0.05, 0.1) is 11.4 Å². The summed E-state index contributed by atoms with van der Waals surface area (Å²) in [6.45, 7) is 1.95. The van der Waals surface area contributed by atoms with Crippen LogP contribution in [0, 0.1) is 11.7 Å². The van der Waals surface area contributed by atoms with E-state index in [1.54, 1.807) is 31.3 Å². The van der Waals surface area contributed by atoms with Crippen LogP contribution in [0.5, 0.6) is 0 Å². The van der Waals surface area contributed by atoms with Gasteiger partial charge in [-0.2, -0.15) is 5.10 Å². The Balaban J connectivity index is 1.43. The highest BCUT2D eigenvalue weighted by atomic mass is 19.1. The standard InChI is InChI=1S/C21H19FN6O3/c1-12-11-17(29)28(2)27-18(12)13-7-9-14(10-8-13)23-19(30)20-25-26-21(31-20)24-16-6-4-3-5-15(16)22/h3-10,12H,11H2,1-2H3,(H,23,30)(H,24,26). The molecule has 1 aliphatic rings. The van der Waals surface area contributed by atoms with Crippen molar-refractivity contribution in [3.63, 3.8) is 0 Å². The fourth-order valence-corrected chi connectivity index (χ4v) is 3.10. The number of nitrogens with one attached hydrogen (secondary N) is 2. The second-order valence-corrected chi connectivity index (χ2v) is 7.06. The van der Waals surface area contributed by atoms with Crippen molar-refractivity contribution in [1.29, 1.82) is 0 Å². The molecule has 1 aromatic heterocycles. The number of hydrazone groups is 1. The van der Waals surface area contributed by atoms with E-state index in [1.807, 2.05) is 19.1 Å². The lowest BCUT2D eigenvalue weighted by molar-refractivity contribution is -0.131. The summed E-state index contributed by atoms with van der Waals surface area (Å²) >= 11 is 0. The minimum absolute atomic E-state index is 0.00269. The van der Waals surface area contributed by atoms with Crippen molar-refractivity contribution in [3.05, 3.63) is 65.8 Å². The molecule has 1 unspecified atom stereocenters. The van der Waals surface area contributed by atoms with Gasteiger partial charge < -0.3 is 15.1 Å². The molecule has 0 bridgehead atoms. The van der Waals surface area contributed by atoms with Gasteiger partial charge in [0.15, 0.2) is 0 Å².